The average Bonchev–Trinajstić information content (AvgIpc) is 2.56. The molecule has 0 bridgehead atoms. The molecule has 1 N–H and O–H groups in total. The molecule has 7 heteroatoms. The summed E-state index contributed by atoms with van der Waals surface area (Å²) >= 11 is 0. The van der Waals surface area contributed by atoms with Crippen LogP contribution in [0.2, 0.25) is 0 Å². The van der Waals surface area contributed by atoms with Crippen LogP contribution in [-0.2, 0) is 9.53 Å². The first-order valence-electron chi connectivity index (χ1n) is 9.28. The van der Waals surface area contributed by atoms with Crippen molar-refractivity contribution < 1.29 is 23.5 Å². The van der Waals surface area contributed by atoms with Gasteiger partial charge < -0.3 is 19.2 Å². The monoisotopic (exact) mass is 389 g/mol. The van der Waals surface area contributed by atoms with Gasteiger partial charge in [-0.25, -0.2) is 14.4 Å². The predicted octanol–water partition coefficient (Wildman–Crippen LogP) is 4.03. The number of benzene rings is 1. The SMILES string of the molecule is CC(C)CCC(NC(=O)OC(C)(C)C)C(=O)Oc1ccc2ccc(=O)oc2c1. The molecular formula is C21H27NO6. The third-order valence-corrected chi connectivity index (χ3v) is 3.82. The van der Waals surface area contributed by atoms with Gasteiger partial charge in [-0.3, -0.25) is 0 Å². The fourth-order valence-electron chi connectivity index (χ4n) is 2.49. The average molecular weight is 389 g/mol. The molecule has 1 heterocycles. The summed E-state index contributed by atoms with van der Waals surface area (Å²) in [6.45, 7) is 9.30. The molecule has 7 nitrogen and oxygen atoms in total. The third-order valence-electron chi connectivity index (χ3n) is 3.82. The van der Waals surface area contributed by atoms with Crippen molar-refractivity contribution in [3.05, 3.63) is 40.8 Å². The second-order valence-corrected chi connectivity index (χ2v) is 8.05. The summed E-state index contributed by atoms with van der Waals surface area (Å²) in [6, 6.07) is 6.86. The van der Waals surface area contributed by atoms with Crippen LogP contribution in [0.15, 0.2) is 39.5 Å². The first kappa shape index (κ1) is 21.5. The van der Waals surface area contributed by atoms with Crippen LogP contribution >= 0.6 is 0 Å². The zero-order valence-electron chi connectivity index (χ0n) is 16.9. The van der Waals surface area contributed by atoms with Crippen molar-refractivity contribution in [3.8, 4) is 5.75 Å². The maximum Gasteiger partial charge on any atom is 0.408 e. The highest BCUT2D eigenvalue weighted by molar-refractivity contribution is 5.84. The Morgan fingerprint density at radius 2 is 1.79 bits per heavy atom. The molecule has 1 aromatic heterocycles. The van der Waals surface area contributed by atoms with Crippen LogP contribution in [0.4, 0.5) is 4.79 Å². The van der Waals surface area contributed by atoms with Crippen molar-refractivity contribution in [3.63, 3.8) is 0 Å². The van der Waals surface area contributed by atoms with Gasteiger partial charge >= 0.3 is 17.7 Å². The van der Waals surface area contributed by atoms with Crippen LogP contribution in [0, 0.1) is 5.92 Å². The number of ether oxygens (including phenoxy) is 2. The van der Waals surface area contributed by atoms with Crippen LogP contribution in [0.5, 0.6) is 5.75 Å². The summed E-state index contributed by atoms with van der Waals surface area (Å²) < 4.78 is 15.8. The van der Waals surface area contributed by atoms with E-state index in [1.54, 1.807) is 39.0 Å². The summed E-state index contributed by atoms with van der Waals surface area (Å²) in [6.07, 6.45) is 0.461. The van der Waals surface area contributed by atoms with Gasteiger partial charge in [-0.05, 0) is 57.7 Å². The molecule has 0 aliphatic rings. The zero-order valence-corrected chi connectivity index (χ0v) is 16.9. The van der Waals surface area contributed by atoms with E-state index in [0.29, 0.717) is 23.3 Å². The second-order valence-electron chi connectivity index (χ2n) is 8.05. The molecule has 152 valence electrons. The highest BCUT2D eigenvalue weighted by Gasteiger charge is 2.26. The number of rotatable bonds is 6. The smallest absolute Gasteiger partial charge is 0.408 e. The Kier molecular flexibility index (Phi) is 6.83. The lowest BCUT2D eigenvalue weighted by Gasteiger charge is -2.23. The molecule has 1 aromatic carbocycles. The maximum absolute atomic E-state index is 12.6. The molecule has 0 fully saturated rings. The molecule has 1 amide bonds. The number of hydrogen-bond donors (Lipinski definition) is 1. The minimum Gasteiger partial charge on any atom is -0.444 e. The van der Waals surface area contributed by atoms with Crippen molar-refractivity contribution in [1.29, 1.82) is 0 Å². The molecule has 2 rings (SSSR count). The van der Waals surface area contributed by atoms with Gasteiger partial charge in [-0.1, -0.05) is 13.8 Å². The van der Waals surface area contributed by atoms with E-state index in [4.69, 9.17) is 13.9 Å². The van der Waals surface area contributed by atoms with Crippen LogP contribution in [0.25, 0.3) is 11.0 Å². The van der Waals surface area contributed by atoms with Crippen molar-refractivity contribution in [2.45, 2.75) is 59.1 Å². The zero-order chi connectivity index (χ0) is 20.9. The van der Waals surface area contributed by atoms with Crippen LogP contribution < -0.4 is 15.7 Å². The molecule has 2 aromatic rings. The maximum atomic E-state index is 12.6. The Labute approximate surface area is 164 Å². The van der Waals surface area contributed by atoms with Gasteiger partial charge in [0.15, 0.2) is 0 Å². The van der Waals surface area contributed by atoms with Gasteiger partial charge in [0.1, 0.15) is 23.0 Å². The van der Waals surface area contributed by atoms with E-state index in [2.05, 4.69) is 5.32 Å². The van der Waals surface area contributed by atoms with E-state index < -0.39 is 29.3 Å². The van der Waals surface area contributed by atoms with E-state index in [1.165, 1.54) is 12.1 Å². The quantitative estimate of drug-likeness (QED) is 0.455. The second kappa shape index (κ2) is 8.91. The molecule has 0 saturated heterocycles. The fraction of sp³-hybridized carbons (Fsp3) is 0.476. The van der Waals surface area contributed by atoms with Crippen molar-refractivity contribution in [2.24, 2.45) is 5.92 Å². The molecular weight excluding hydrogens is 362 g/mol. The largest absolute Gasteiger partial charge is 0.444 e. The van der Waals surface area contributed by atoms with Crippen molar-refractivity contribution in [1.82, 2.24) is 5.32 Å². The van der Waals surface area contributed by atoms with Gasteiger partial charge in [0.2, 0.25) is 0 Å². The van der Waals surface area contributed by atoms with E-state index in [1.807, 2.05) is 13.8 Å². The van der Waals surface area contributed by atoms with E-state index in [0.717, 1.165) is 6.42 Å². The lowest BCUT2D eigenvalue weighted by atomic mass is 10.0. The number of nitrogens with one attached hydrogen (secondary N) is 1. The summed E-state index contributed by atoms with van der Waals surface area (Å²) in [7, 11) is 0. The van der Waals surface area contributed by atoms with Gasteiger partial charge in [-0.15, -0.1) is 0 Å². The Bertz CT molecular complexity index is 894. The Balaban J connectivity index is 2.14. The first-order valence-corrected chi connectivity index (χ1v) is 9.28. The minimum absolute atomic E-state index is 0.229. The molecule has 0 aliphatic carbocycles. The molecule has 0 aliphatic heterocycles. The highest BCUT2D eigenvalue weighted by Crippen LogP contribution is 2.20. The normalized spacial score (nSPS) is 12.6. The number of esters is 1. The number of hydrogen-bond acceptors (Lipinski definition) is 6. The molecule has 28 heavy (non-hydrogen) atoms. The Morgan fingerprint density at radius 3 is 2.43 bits per heavy atom. The Morgan fingerprint density at radius 1 is 1.11 bits per heavy atom. The number of alkyl carbamates (subject to hydrolysis) is 1. The molecule has 1 atom stereocenters. The van der Waals surface area contributed by atoms with Crippen molar-refractivity contribution in [2.75, 3.05) is 0 Å². The molecule has 1 unspecified atom stereocenters. The number of carbonyl (C=O) groups excluding carboxylic acids is 2. The van der Waals surface area contributed by atoms with Crippen LogP contribution in [0.1, 0.15) is 47.5 Å². The predicted molar refractivity (Wildman–Crippen MR) is 105 cm³/mol. The van der Waals surface area contributed by atoms with E-state index >= 15 is 0 Å². The lowest BCUT2D eigenvalue weighted by molar-refractivity contribution is -0.137. The highest BCUT2D eigenvalue weighted by atomic mass is 16.6. The summed E-state index contributed by atoms with van der Waals surface area (Å²) in [5, 5.41) is 3.30. The van der Waals surface area contributed by atoms with E-state index in [-0.39, 0.29) is 5.75 Å². The topological polar surface area (TPSA) is 94.8 Å². The summed E-state index contributed by atoms with van der Waals surface area (Å²) in [4.78, 5) is 36.1. The minimum atomic E-state index is -0.851. The fourth-order valence-corrected chi connectivity index (χ4v) is 2.49. The van der Waals surface area contributed by atoms with Gasteiger partial charge in [0.05, 0.1) is 0 Å². The van der Waals surface area contributed by atoms with Gasteiger partial charge in [-0.2, -0.15) is 0 Å². The van der Waals surface area contributed by atoms with Gasteiger partial charge in [0.25, 0.3) is 0 Å². The lowest BCUT2D eigenvalue weighted by Crippen LogP contribution is -2.45. The summed E-state index contributed by atoms with van der Waals surface area (Å²) in [5.41, 5.74) is -0.846. The number of carbonyl (C=O) groups is 2. The summed E-state index contributed by atoms with van der Waals surface area (Å²) in [5.74, 6) is -0.0257. The Hall–Kier alpha value is -2.83. The number of fused-ring (bicyclic) bond motifs is 1. The standard InChI is InChI=1S/C21H27NO6/c1-13(2)6-10-16(22-20(25)28-21(3,4)5)19(24)26-15-9-7-14-8-11-18(23)27-17(14)12-15/h7-9,11-13,16H,6,10H2,1-5H3,(H,22,25). The van der Waals surface area contributed by atoms with E-state index in [9.17, 15) is 14.4 Å². The van der Waals surface area contributed by atoms with Crippen molar-refractivity contribution >= 4 is 23.0 Å². The van der Waals surface area contributed by atoms with Crippen LogP contribution in [0.3, 0.4) is 0 Å². The van der Waals surface area contributed by atoms with Crippen LogP contribution in [-0.4, -0.2) is 23.7 Å². The molecule has 0 radical (unpaired) electrons. The molecule has 0 saturated carbocycles. The third kappa shape index (κ3) is 6.72. The molecule has 0 spiro atoms. The first-order chi connectivity index (χ1) is 13.0. The van der Waals surface area contributed by atoms with Gasteiger partial charge in [0, 0.05) is 17.5 Å². The number of amides is 1.